The topological polar surface area (TPSA) is 153 Å². The van der Waals surface area contributed by atoms with Crippen LogP contribution < -0.4 is 5.48 Å². The number of amides is 1. The van der Waals surface area contributed by atoms with Crippen LogP contribution in [0.5, 0.6) is 0 Å². The number of imidazole rings is 1. The Kier molecular flexibility index (Phi) is 8.96. The zero-order valence-corrected chi connectivity index (χ0v) is 23.3. The van der Waals surface area contributed by atoms with Crippen molar-refractivity contribution in [2.24, 2.45) is 0 Å². The van der Waals surface area contributed by atoms with Gasteiger partial charge < -0.3 is 4.98 Å². The molecule has 1 fully saturated rings. The number of hydroxylamine groups is 1. The number of nitrogens with zero attached hydrogens (tertiary/aromatic N) is 3. The number of aromatic amines is 1. The standard InChI is InChI=1S/C21H24ClN5O6S4/c22-16-4-2-15(3-5-16)18-6-7-19(35-18)37(32,33)27-11-10-26(14-17(27)20(28)25-29)36(30,31)13-1-12-34-21-23-8-9-24-21/h2-9,17,29H,1,10-14H2,(H,23,24)(H,25,28)/t17-/m1/s1. The predicted molar refractivity (Wildman–Crippen MR) is 142 cm³/mol. The van der Waals surface area contributed by atoms with Gasteiger partial charge in [-0.1, -0.05) is 35.5 Å². The number of hydrogen-bond acceptors (Lipinski definition) is 9. The summed E-state index contributed by atoms with van der Waals surface area (Å²) >= 11 is 8.34. The molecule has 1 saturated heterocycles. The van der Waals surface area contributed by atoms with Crippen LogP contribution in [0, 0.1) is 0 Å². The highest BCUT2D eigenvalue weighted by atomic mass is 35.5. The Morgan fingerprint density at radius 2 is 1.95 bits per heavy atom. The summed E-state index contributed by atoms with van der Waals surface area (Å²) in [7, 11) is -7.93. The van der Waals surface area contributed by atoms with Gasteiger partial charge in [-0.3, -0.25) is 10.0 Å². The maximum Gasteiger partial charge on any atom is 0.263 e. The molecule has 3 heterocycles. The molecule has 0 radical (unpaired) electrons. The van der Waals surface area contributed by atoms with E-state index in [0.29, 0.717) is 27.2 Å². The molecule has 0 unspecified atom stereocenters. The molecule has 3 aromatic rings. The summed E-state index contributed by atoms with van der Waals surface area (Å²) in [5, 5.41) is 10.5. The number of piperazine rings is 1. The molecule has 4 rings (SSSR count). The number of sulfonamides is 2. The third kappa shape index (κ3) is 6.54. The van der Waals surface area contributed by atoms with Crippen LogP contribution in [0.4, 0.5) is 0 Å². The molecule has 11 nitrogen and oxygen atoms in total. The van der Waals surface area contributed by atoms with Gasteiger partial charge in [0.25, 0.3) is 15.9 Å². The molecule has 16 heteroatoms. The van der Waals surface area contributed by atoms with Gasteiger partial charge in [-0.15, -0.1) is 11.3 Å². The number of benzene rings is 1. The van der Waals surface area contributed by atoms with Crippen molar-refractivity contribution < 1.29 is 26.8 Å². The molecule has 37 heavy (non-hydrogen) atoms. The quantitative estimate of drug-likeness (QED) is 0.138. The van der Waals surface area contributed by atoms with Crippen LogP contribution in [-0.2, 0) is 24.8 Å². The monoisotopic (exact) mass is 605 g/mol. The van der Waals surface area contributed by atoms with E-state index in [-0.39, 0.29) is 23.1 Å². The maximum absolute atomic E-state index is 13.5. The Balaban J connectivity index is 1.47. The summed E-state index contributed by atoms with van der Waals surface area (Å²) in [6.45, 7) is -0.763. The molecule has 0 saturated carbocycles. The second kappa shape index (κ2) is 11.8. The molecule has 1 atom stereocenters. The van der Waals surface area contributed by atoms with Crippen LogP contribution in [0.15, 0.2) is 58.2 Å². The Labute approximate surface area is 227 Å². The Hall–Kier alpha value is -1.98. The van der Waals surface area contributed by atoms with Gasteiger partial charge in [-0.2, -0.15) is 8.61 Å². The molecule has 3 N–H and O–H groups in total. The zero-order chi connectivity index (χ0) is 26.6. The second-order valence-corrected chi connectivity index (χ2v) is 14.8. The highest BCUT2D eigenvalue weighted by Gasteiger charge is 2.43. The van der Waals surface area contributed by atoms with Crippen LogP contribution in [-0.4, -0.2) is 83.7 Å². The van der Waals surface area contributed by atoms with Crippen LogP contribution in [0.3, 0.4) is 0 Å². The Morgan fingerprint density at radius 1 is 1.19 bits per heavy atom. The molecule has 1 aliphatic heterocycles. The third-order valence-corrected chi connectivity index (χ3v) is 12.3. The number of hydrogen-bond donors (Lipinski definition) is 3. The highest BCUT2D eigenvalue weighted by molar-refractivity contribution is 7.99. The number of aromatic nitrogens is 2. The van der Waals surface area contributed by atoms with Crippen LogP contribution in [0.1, 0.15) is 6.42 Å². The van der Waals surface area contributed by atoms with E-state index in [2.05, 4.69) is 9.97 Å². The van der Waals surface area contributed by atoms with E-state index >= 15 is 0 Å². The van der Waals surface area contributed by atoms with Crippen molar-refractivity contribution in [1.29, 1.82) is 0 Å². The minimum atomic E-state index is -4.16. The van der Waals surface area contributed by atoms with Gasteiger partial charge in [0.1, 0.15) is 10.3 Å². The van der Waals surface area contributed by atoms with Gasteiger partial charge >= 0.3 is 0 Å². The number of rotatable bonds is 10. The number of halogens is 1. The van der Waals surface area contributed by atoms with Crippen LogP contribution in [0.2, 0.25) is 5.02 Å². The van der Waals surface area contributed by atoms with E-state index < -0.39 is 38.5 Å². The van der Waals surface area contributed by atoms with Crippen molar-refractivity contribution in [2.45, 2.75) is 21.8 Å². The average molecular weight is 606 g/mol. The summed E-state index contributed by atoms with van der Waals surface area (Å²) in [5.74, 6) is -0.668. The van der Waals surface area contributed by atoms with Crippen molar-refractivity contribution in [2.75, 3.05) is 31.1 Å². The molecule has 0 bridgehead atoms. The molecule has 0 spiro atoms. The molecular weight excluding hydrogens is 582 g/mol. The molecular formula is C21H24ClN5O6S4. The number of nitrogens with one attached hydrogen (secondary N) is 2. The molecule has 0 aliphatic carbocycles. The van der Waals surface area contributed by atoms with Gasteiger partial charge in [-0.25, -0.2) is 27.3 Å². The van der Waals surface area contributed by atoms with E-state index in [1.807, 2.05) is 0 Å². The molecule has 2 aromatic heterocycles. The summed E-state index contributed by atoms with van der Waals surface area (Å²) in [6, 6.07) is 8.59. The molecule has 1 aliphatic rings. The van der Waals surface area contributed by atoms with Gasteiger partial charge in [0, 0.05) is 47.7 Å². The average Bonchev–Trinajstić information content (AvgIpc) is 3.59. The highest BCUT2D eigenvalue weighted by Crippen LogP contribution is 2.34. The van der Waals surface area contributed by atoms with Crippen molar-refractivity contribution in [3.8, 4) is 10.4 Å². The Bertz CT molecular complexity index is 1430. The minimum absolute atomic E-state index is 0.000511. The van der Waals surface area contributed by atoms with Crippen LogP contribution >= 0.6 is 34.7 Å². The predicted octanol–water partition coefficient (Wildman–Crippen LogP) is 2.48. The minimum Gasteiger partial charge on any atom is -0.340 e. The number of carbonyl (C=O) groups is 1. The normalized spacial score (nSPS) is 17.6. The van der Waals surface area contributed by atoms with E-state index in [1.54, 1.807) is 42.7 Å². The lowest BCUT2D eigenvalue weighted by Crippen LogP contribution is -2.61. The molecule has 1 aromatic carbocycles. The first-order chi connectivity index (χ1) is 17.6. The van der Waals surface area contributed by atoms with Gasteiger partial charge in [0.15, 0.2) is 5.16 Å². The smallest absolute Gasteiger partial charge is 0.263 e. The van der Waals surface area contributed by atoms with Crippen molar-refractivity contribution in [3.05, 3.63) is 53.8 Å². The zero-order valence-electron chi connectivity index (χ0n) is 19.3. The number of H-pyrrole nitrogens is 1. The summed E-state index contributed by atoms with van der Waals surface area (Å²) in [6.07, 6.45) is 3.62. The number of thiophene rings is 1. The van der Waals surface area contributed by atoms with Gasteiger partial charge in [-0.05, 0) is 36.2 Å². The molecule has 200 valence electrons. The first-order valence-electron chi connectivity index (χ1n) is 11.0. The van der Waals surface area contributed by atoms with Crippen molar-refractivity contribution >= 4 is 60.7 Å². The van der Waals surface area contributed by atoms with Crippen LogP contribution in [0.25, 0.3) is 10.4 Å². The lowest BCUT2D eigenvalue weighted by atomic mass is 10.2. The Morgan fingerprint density at radius 3 is 2.62 bits per heavy atom. The summed E-state index contributed by atoms with van der Waals surface area (Å²) in [4.78, 5) is 20.1. The lowest BCUT2D eigenvalue weighted by molar-refractivity contribution is -0.134. The first-order valence-corrected chi connectivity index (χ1v) is 16.3. The fourth-order valence-electron chi connectivity index (χ4n) is 3.78. The molecule has 1 amide bonds. The van der Waals surface area contributed by atoms with E-state index in [0.717, 1.165) is 25.5 Å². The van der Waals surface area contributed by atoms with E-state index in [9.17, 15) is 26.8 Å². The van der Waals surface area contributed by atoms with Crippen molar-refractivity contribution in [3.63, 3.8) is 0 Å². The maximum atomic E-state index is 13.5. The third-order valence-electron chi connectivity index (χ3n) is 5.63. The fraction of sp³-hybridized carbons (Fsp3) is 0.333. The lowest BCUT2D eigenvalue weighted by Gasteiger charge is -2.38. The van der Waals surface area contributed by atoms with E-state index in [4.69, 9.17) is 11.6 Å². The van der Waals surface area contributed by atoms with Gasteiger partial charge in [0.05, 0.1) is 5.75 Å². The van der Waals surface area contributed by atoms with Gasteiger partial charge in [0.2, 0.25) is 10.0 Å². The van der Waals surface area contributed by atoms with Crippen molar-refractivity contribution in [1.82, 2.24) is 24.1 Å². The number of thioether (sulfide) groups is 1. The second-order valence-electron chi connectivity index (χ2n) is 8.00. The first kappa shape index (κ1) is 28.0. The SMILES string of the molecule is O=C(NO)[C@H]1CN(S(=O)(=O)CCCSc2ncc[nH]2)CCN1S(=O)(=O)c1ccc(-c2ccc(Cl)cc2)s1. The number of carbonyl (C=O) groups excluding carboxylic acids is 1. The summed E-state index contributed by atoms with van der Waals surface area (Å²) in [5.41, 5.74) is 2.25. The van der Waals surface area contributed by atoms with E-state index in [1.165, 1.54) is 23.3 Å². The largest absolute Gasteiger partial charge is 0.340 e. The fourth-order valence-corrected chi connectivity index (χ4v) is 9.37. The summed E-state index contributed by atoms with van der Waals surface area (Å²) < 4.78 is 54.9.